The molecule has 130 valence electrons. The molecule has 0 unspecified atom stereocenters. The predicted molar refractivity (Wildman–Crippen MR) is 103 cm³/mol. The lowest BCUT2D eigenvalue weighted by molar-refractivity contribution is 0.102. The van der Waals surface area contributed by atoms with Crippen LogP contribution in [0.1, 0.15) is 15.2 Å². The van der Waals surface area contributed by atoms with Gasteiger partial charge in [-0.05, 0) is 35.9 Å². The summed E-state index contributed by atoms with van der Waals surface area (Å²) in [6.07, 6.45) is 1.62. The summed E-state index contributed by atoms with van der Waals surface area (Å²) in [5, 5.41) is 8.19. The number of aromatic nitrogens is 2. The van der Waals surface area contributed by atoms with Crippen LogP contribution in [0.25, 0.3) is 10.1 Å². The van der Waals surface area contributed by atoms with Gasteiger partial charge in [-0.2, -0.15) is 5.10 Å². The maximum absolute atomic E-state index is 13.8. The highest BCUT2D eigenvalue weighted by molar-refractivity contribution is 7.20. The van der Waals surface area contributed by atoms with Crippen LogP contribution in [0.2, 0.25) is 5.02 Å². The fraction of sp³-hybridized carbons (Fsp3) is 0.0526. The van der Waals surface area contributed by atoms with Crippen LogP contribution < -0.4 is 5.32 Å². The largest absolute Gasteiger partial charge is 0.306 e. The van der Waals surface area contributed by atoms with E-state index in [1.807, 2.05) is 18.2 Å². The first-order chi connectivity index (χ1) is 12.6. The van der Waals surface area contributed by atoms with Gasteiger partial charge in [0, 0.05) is 21.2 Å². The molecule has 0 saturated carbocycles. The van der Waals surface area contributed by atoms with Crippen LogP contribution in [-0.2, 0) is 6.54 Å². The summed E-state index contributed by atoms with van der Waals surface area (Å²) in [5.41, 5.74) is 0.973. The number of carbonyl (C=O) groups excluding carboxylic acids is 1. The number of benzene rings is 2. The molecule has 1 amide bonds. The number of hydrogen-bond donors (Lipinski definition) is 1. The number of carbonyl (C=O) groups is 1. The predicted octanol–water partition coefficient (Wildman–Crippen LogP) is 5.19. The van der Waals surface area contributed by atoms with Crippen LogP contribution in [0.5, 0.6) is 0 Å². The average molecular weight is 386 g/mol. The van der Waals surface area contributed by atoms with E-state index in [2.05, 4.69) is 10.4 Å². The van der Waals surface area contributed by atoms with Crippen molar-refractivity contribution in [1.82, 2.24) is 9.78 Å². The van der Waals surface area contributed by atoms with E-state index in [0.29, 0.717) is 27.6 Å². The third-order valence-electron chi connectivity index (χ3n) is 3.91. The number of nitrogens with one attached hydrogen (secondary N) is 1. The van der Waals surface area contributed by atoms with Gasteiger partial charge in [-0.3, -0.25) is 4.79 Å². The molecule has 0 radical (unpaired) electrons. The van der Waals surface area contributed by atoms with Crippen molar-refractivity contribution in [2.24, 2.45) is 0 Å². The van der Waals surface area contributed by atoms with E-state index in [0.717, 1.165) is 10.3 Å². The zero-order chi connectivity index (χ0) is 18.1. The van der Waals surface area contributed by atoms with Crippen LogP contribution in [0.4, 0.5) is 10.2 Å². The van der Waals surface area contributed by atoms with Crippen LogP contribution in [-0.4, -0.2) is 15.7 Å². The zero-order valence-electron chi connectivity index (χ0n) is 13.4. The SMILES string of the molecule is O=C(Nc1ccnn1Cc1cccc(Cl)c1)c1cc2c(F)cccc2s1. The topological polar surface area (TPSA) is 46.9 Å². The molecule has 0 aliphatic carbocycles. The number of anilines is 1. The summed E-state index contributed by atoms with van der Waals surface area (Å²) < 4.78 is 16.2. The van der Waals surface area contributed by atoms with Crippen molar-refractivity contribution >= 4 is 44.7 Å². The number of nitrogens with zero attached hydrogens (tertiary/aromatic N) is 2. The number of thiophene rings is 1. The van der Waals surface area contributed by atoms with E-state index >= 15 is 0 Å². The van der Waals surface area contributed by atoms with Gasteiger partial charge in [0.1, 0.15) is 11.6 Å². The lowest BCUT2D eigenvalue weighted by atomic mass is 10.2. The molecular weight excluding hydrogens is 373 g/mol. The highest BCUT2D eigenvalue weighted by Gasteiger charge is 2.14. The number of halogens is 2. The van der Waals surface area contributed by atoms with Crippen molar-refractivity contribution in [3.63, 3.8) is 0 Å². The van der Waals surface area contributed by atoms with E-state index in [1.54, 1.807) is 41.2 Å². The minimum absolute atomic E-state index is 0.293. The molecule has 4 rings (SSSR count). The van der Waals surface area contributed by atoms with Crippen molar-refractivity contribution in [2.45, 2.75) is 6.54 Å². The minimum atomic E-state index is -0.330. The second-order valence-corrected chi connectivity index (χ2v) is 7.24. The van der Waals surface area contributed by atoms with E-state index in [-0.39, 0.29) is 11.7 Å². The lowest BCUT2D eigenvalue weighted by Crippen LogP contribution is -2.15. The molecule has 4 nitrogen and oxygen atoms in total. The molecule has 4 aromatic rings. The molecule has 2 aromatic heterocycles. The molecule has 7 heteroatoms. The van der Waals surface area contributed by atoms with Gasteiger partial charge in [0.25, 0.3) is 5.91 Å². The highest BCUT2D eigenvalue weighted by Crippen LogP contribution is 2.28. The first-order valence-corrected chi connectivity index (χ1v) is 9.05. The molecule has 0 saturated heterocycles. The first kappa shape index (κ1) is 16.8. The Morgan fingerprint density at radius 3 is 2.85 bits per heavy atom. The summed E-state index contributed by atoms with van der Waals surface area (Å²) >= 11 is 7.27. The Kier molecular flexibility index (Phi) is 4.44. The summed E-state index contributed by atoms with van der Waals surface area (Å²) in [6, 6.07) is 15.6. The Bertz CT molecular complexity index is 1110. The fourth-order valence-electron chi connectivity index (χ4n) is 2.69. The molecule has 26 heavy (non-hydrogen) atoms. The Morgan fingerprint density at radius 1 is 1.19 bits per heavy atom. The second-order valence-electron chi connectivity index (χ2n) is 5.72. The van der Waals surface area contributed by atoms with Crippen molar-refractivity contribution in [3.8, 4) is 0 Å². The molecule has 2 heterocycles. The maximum Gasteiger partial charge on any atom is 0.266 e. The second kappa shape index (κ2) is 6.90. The quantitative estimate of drug-likeness (QED) is 0.525. The minimum Gasteiger partial charge on any atom is -0.306 e. The third kappa shape index (κ3) is 3.34. The molecule has 0 aliphatic heterocycles. The van der Waals surface area contributed by atoms with Gasteiger partial charge < -0.3 is 5.32 Å². The van der Waals surface area contributed by atoms with Gasteiger partial charge >= 0.3 is 0 Å². The fourth-order valence-corrected chi connectivity index (χ4v) is 3.87. The van der Waals surface area contributed by atoms with Crippen LogP contribution >= 0.6 is 22.9 Å². The third-order valence-corrected chi connectivity index (χ3v) is 5.25. The monoisotopic (exact) mass is 385 g/mol. The summed E-state index contributed by atoms with van der Waals surface area (Å²) in [5.74, 6) is -0.0601. The number of hydrogen-bond acceptors (Lipinski definition) is 3. The molecule has 0 bridgehead atoms. The maximum atomic E-state index is 13.8. The van der Waals surface area contributed by atoms with Crippen LogP contribution in [0.3, 0.4) is 0 Å². The smallest absolute Gasteiger partial charge is 0.266 e. The van der Waals surface area contributed by atoms with Gasteiger partial charge in [0.2, 0.25) is 0 Å². The van der Waals surface area contributed by atoms with Crippen LogP contribution in [0, 0.1) is 5.82 Å². The summed E-state index contributed by atoms with van der Waals surface area (Å²) in [4.78, 5) is 13.0. The molecule has 2 aromatic carbocycles. The van der Waals surface area contributed by atoms with Gasteiger partial charge in [-0.15, -0.1) is 11.3 Å². The van der Waals surface area contributed by atoms with Gasteiger partial charge in [-0.25, -0.2) is 9.07 Å². The lowest BCUT2D eigenvalue weighted by Gasteiger charge is -2.08. The molecule has 1 N–H and O–H groups in total. The van der Waals surface area contributed by atoms with E-state index in [1.165, 1.54) is 17.4 Å². The summed E-state index contributed by atoms with van der Waals surface area (Å²) in [7, 11) is 0. The number of rotatable bonds is 4. The Hall–Kier alpha value is -2.70. The van der Waals surface area contributed by atoms with Gasteiger partial charge in [-0.1, -0.05) is 29.8 Å². The number of amides is 1. The molecule has 0 fully saturated rings. The summed E-state index contributed by atoms with van der Waals surface area (Å²) in [6.45, 7) is 0.476. The van der Waals surface area contributed by atoms with Crippen molar-refractivity contribution in [1.29, 1.82) is 0 Å². The molecular formula is C19H13ClFN3OS. The Balaban J connectivity index is 1.56. The van der Waals surface area contributed by atoms with E-state index in [9.17, 15) is 9.18 Å². The first-order valence-electron chi connectivity index (χ1n) is 7.86. The zero-order valence-corrected chi connectivity index (χ0v) is 15.0. The molecule has 0 atom stereocenters. The highest BCUT2D eigenvalue weighted by atomic mass is 35.5. The van der Waals surface area contributed by atoms with Gasteiger partial charge in [0.15, 0.2) is 0 Å². The van der Waals surface area contributed by atoms with Crippen molar-refractivity contribution < 1.29 is 9.18 Å². The van der Waals surface area contributed by atoms with E-state index < -0.39 is 0 Å². The molecule has 0 spiro atoms. The molecule has 0 aliphatic rings. The Morgan fingerprint density at radius 2 is 2.04 bits per heavy atom. The average Bonchev–Trinajstić information content (AvgIpc) is 3.23. The Labute approximate surface area is 157 Å². The van der Waals surface area contributed by atoms with Crippen molar-refractivity contribution in [2.75, 3.05) is 5.32 Å². The van der Waals surface area contributed by atoms with E-state index in [4.69, 9.17) is 11.6 Å². The number of fused-ring (bicyclic) bond motifs is 1. The van der Waals surface area contributed by atoms with Crippen molar-refractivity contribution in [3.05, 3.63) is 82.1 Å². The normalized spacial score (nSPS) is 11.0. The standard InChI is InChI=1S/C19H13ClFN3OS/c20-13-4-1-3-12(9-13)11-24-18(7-8-22-24)23-19(25)17-10-14-15(21)5-2-6-16(14)26-17/h1-10H,11H2,(H,23,25). The van der Waals surface area contributed by atoms with Crippen LogP contribution in [0.15, 0.2) is 60.8 Å². The van der Waals surface area contributed by atoms with Gasteiger partial charge in [0.05, 0.1) is 17.6 Å².